The van der Waals surface area contributed by atoms with Crippen LogP contribution in [0.15, 0.2) is 124 Å². The van der Waals surface area contributed by atoms with Crippen LogP contribution in [0.4, 0.5) is 22.7 Å². The summed E-state index contributed by atoms with van der Waals surface area (Å²) in [5, 5.41) is 17.6. The summed E-state index contributed by atoms with van der Waals surface area (Å²) in [4.78, 5) is 26.1. The maximum Gasteiger partial charge on any atom is 0.331 e. The molecule has 2 heterocycles. The van der Waals surface area contributed by atoms with Crippen LogP contribution in [0.2, 0.25) is 0 Å². The summed E-state index contributed by atoms with van der Waals surface area (Å²) < 4.78 is 66.8. The summed E-state index contributed by atoms with van der Waals surface area (Å²) in [6.45, 7) is 9.56. The molecule has 16 heteroatoms. The second kappa shape index (κ2) is 22.2. The van der Waals surface area contributed by atoms with Crippen molar-refractivity contribution < 1.29 is 46.1 Å². The third-order valence-electron chi connectivity index (χ3n) is 11.8. The molecule has 0 radical (unpaired) electrons. The number of nitrogens with zero attached hydrogens (tertiary/aromatic N) is 2. The molecule has 2 aliphatic heterocycles. The van der Waals surface area contributed by atoms with Gasteiger partial charge in [0.15, 0.2) is 19.7 Å². The van der Waals surface area contributed by atoms with Gasteiger partial charge in [-0.3, -0.25) is 0 Å². The van der Waals surface area contributed by atoms with E-state index in [0.717, 1.165) is 87.4 Å². The van der Waals surface area contributed by atoms with Gasteiger partial charge in [-0.1, -0.05) is 89.8 Å². The lowest BCUT2D eigenvalue weighted by molar-refractivity contribution is -0.132. The molecular formula is C48H56BrIN2O10S2. The van der Waals surface area contributed by atoms with Crippen LogP contribution in [0.1, 0.15) is 79.1 Å². The van der Waals surface area contributed by atoms with Crippen molar-refractivity contribution in [3.63, 3.8) is 0 Å². The lowest BCUT2D eigenvalue weighted by Gasteiger charge is -2.36. The number of ether oxygens (including phenoxy) is 2. The van der Waals surface area contributed by atoms with Crippen LogP contribution in [0.5, 0.6) is 11.5 Å². The van der Waals surface area contributed by atoms with E-state index in [9.17, 15) is 26.4 Å². The number of unbranched alkanes of at least 4 members (excludes halogenated alkanes) is 2. The molecule has 0 spiro atoms. The second-order valence-corrected chi connectivity index (χ2v) is 22.2. The highest BCUT2D eigenvalue weighted by atomic mass is 127. The standard InChI is InChI=1S/C24H28BrNO5S.C24H28INO5S/c2*1-3-5-12-24(4-2)16-26(18-9-7-6-8-10-18)20-14-19(25)21(31-13-11-23(27)28)15-22(20)32(29,30)17-24/h2*6-11,13-15H,3-5,12,16-17H2,1-2H3,(H,27,28)/b2*13-11+. The van der Waals surface area contributed by atoms with Crippen molar-refractivity contribution in [2.45, 2.75) is 88.9 Å². The minimum absolute atomic E-state index is 0.0544. The zero-order valence-corrected chi connectivity index (χ0v) is 41.9. The fourth-order valence-electron chi connectivity index (χ4n) is 8.24. The van der Waals surface area contributed by atoms with Crippen LogP contribution in [-0.4, -0.2) is 63.6 Å². The maximum atomic E-state index is 13.7. The van der Waals surface area contributed by atoms with E-state index >= 15 is 0 Å². The predicted molar refractivity (Wildman–Crippen MR) is 264 cm³/mol. The van der Waals surface area contributed by atoms with E-state index in [1.165, 1.54) is 12.1 Å². The van der Waals surface area contributed by atoms with Crippen LogP contribution in [0, 0.1) is 14.4 Å². The average Bonchev–Trinajstić information content (AvgIpc) is 3.42. The zero-order chi connectivity index (χ0) is 46.7. The highest BCUT2D eigenvalue weighted by Gasteiger charge is 2.43. The third-order valence-corrected chi connectivity index (χ3v) is 17.3. The number of sulfone groups is 2. The van der Waals surface area contributed by atoms with Gasteiger partial charge >= 0.3 is 11.9 Å². The monoisotopic (exact) mass is 1090 g/mol. The molecule has 0 bridgehead atoms. The Labute approximate surface area is 399 Å². The van der Waals surface area contributed by atoms with Gasteiger partial charge < -0.3 is 29.5 Å². The van der Waals surface area contributed by atoms with E-state index in [1.54, 1.807) is 6.07 Å². The van der Waals surface area contributed by atoms with Crippen molar-refractivity contribution >= 4 is 92.9 Å². The molecule has 6 rings (SSSR count). The van der Waals surface area contributed by atoms with Gasteiger partial charge in [-0.2, -0.15) is 0 Å². The van der Waals surface area contributed by atoms with Crippen LogP contribution in [0.25, 0.3) is 0 Å². The lowest BCUT2D eigenvalue weighted by Crippen LogP contribution is -2.37. The molecule has 0 fully saturated rings. The smallest absolute Gasteiger partial charge is 0.331 e. The first-order valence-electron chi connectivity index (χ1n) is 21.3. The number of carboxylic acids is 2. The van der Waals surface area contributed by atoms with E-state index in [1.807, 2.05) is 66.7 Å². The summed E-state index contributed by atoms with van der Waals surface area (Å²) in [7, 11) is -7.25. The third kappa shape index (κ3) is 12.5. The number of hydrogen-bond acceptors (Lipinski definition) is 10. The number of fused-ring (bicyclic) bond motifs is 2. The van der Waals surface area contributed by atoms with Crippen molar-refractivity contribution in [3.8, 4) is 11.5 Å². The van der Waals surface area contributed by atoms with E-state index in [2.05, 4.69) is 76.0 Å². The van der Waals surface area contributed by atoms with Gasteiger partial charge in [0.2, 0.25) is 0 Å². The van der Waals surface area contributed by atoms with Gasteiger partial charge in [-0.25, -0.2) is 26.4 Å². The van der Waals surface area contributed by atoms with E-state index in [4.69, 9.17) is 19.7 Å². The van der Waals surface area contributed by atoms with Gasteiger partial charge in [-0.15, -0.1) is 0 Å². The molecule has 2 unspecified atom stereocenters. The van der Waals surface area contributed by atoms with Crippen LogP contribution in [-0.2, 0) is 29.3 Å². The van der Waals surface area contributed by atoms with Crippen LogP contribution in [0.3, 0.4) is 0 Å². The Hall–Kier alpha value is -4.39. The molecular weight excluding hydrogens is 1040 g/mol. The first kappa shape index (κ1) is 50.6. The number of carbonyl (C=O) groups is 2. The Morgan fingerprint density at radius 2 is 1.08 bits per heavy atom. The average molecular weight is 1090 g/mol. The summed E-state index contributed by atoms with van der Waals surface area (Å²) in [6.07, 6.45) is 10.9. The summed E-state index contributed by atoms with van der Waals surface area (Å²) in [5.41, 5.74) is 2.31. The Kier molecular flexibility index (Phi) is 17.6. The van der Waals surface area contributed by atoms with E-state index in [0.29, 0.717) is 38.3 Å². The normalized spacial score (nSPS) is 20.0. The predicted octanol–water partition coefficient (Wildman–Crippen LogP) is 11.7. The number of hydrogen-bond donors (Lipinski definition) is 2. The van der Waals surface area contributed by atoms with Crippen LogP contribution < -0.4 is 19.3 Å². The Balaban J connectivity index is 0.000000241. The first-order valence-corrected chi connectivity index (χ1v) is 26.5. The van der Waals surface area contributed by atoms with Crippen molar-refractivity contribution in [2.24, 2.45) is 10.8 Å². The fraction of sp³-hybridized carbons (Fsp3) is 0.375. The van der Waals surface area contributed by atoms with Crippen molar-refractivity contribution in [3.05, 3.63) is 118 Å². The van der Waals surface area contributed by atoms with Gasteiger partial charge in [0.1, 0.15) is 11.5 Å². The number of aliphatic carboxylic acids is 2. The Morgan fingerprint density at radius 3 is 1.48 bits per heavy atom. The van der Waals surface area contributed by atoms with Crippen molar-refractivity contribution in [1.82, 2.24) is 0 Å². The molecule has 344 valence electrons. The van der Waals surface area contributed by atoms with Gasteiger partial charge in [0.25, 0.3) is 0 Å². The lowest BCUT2D eigenvalue weighted by atomic mass is 9.81. The number of rotatable bonds is 16. The largest absolute Gasteiger partial charge is 0.478 e. The molecule has 2 N–H and O–H groups in total. The molecule has 4 aromatic carbocycles. The topological polar surface area (TPSA) is 168 Å². The van der Waals surface area contributed by atoms with Gasteiger partial charge in [0, 0.05) is 47.4 Å². The molecule has 0 aromatic heterocycles. The van der Waals surface area contributed by atoms with Crippen molar-refractivity contribution in [2.75, 3.05) is 34.4 Å². The number of anilines is 4. The Bertz CT molecular complexity index is 2380. The Morgan fingerprint density at radius 1 is 0.672 bits per heavy atom. The molecule has 2 atom stereocenters. The minimum Gasteiger partial charge on any atom is -0.478 e. The summed E-state index contributed by atoms with van der Waals surface area (Å²) in [5.74, 6) is -1.61. The van der Waals surface area contributed by atoms with Crippen LogP contribution >= 0.6 is 38.5 Å². The molecule has 0 aliphatic carbocycles. The maximum absolute atomic E-state index is 13.7. The minimum atomic E-state index is -3.63. The summed E-state index contributed by atoms with van der Waals surface area (Å²) in [6, 6.07) is 26.2. The van der Waals surface area contributed by atoms with Gasteiger partial charge in [-0.05, 0) is 101 Å². The first-order chi connectivity index (χ1) is 30.4. The molecule has 4 aromatic rings. The molecule has 0 saturated carbocycles. The summed E-state index contributed by atoms with van der Waals surface area (Å²) >= 11 is 5.56. The number of halogens is 2. The number of benzene rings is 4. The quantitative estimate of drug-likeness (QED) is 0.0620. The number of para-hydroxylation sites is 2. The van der Waals surface area contributed by atoms with E-state index in [-0.39, 0.29) is 37.9 Å². The SMILES string of the molecule is CCCCC1(CC)CN(c2ccccc2)c2cc(Br)c(O/C=C/C(=O)O)cc2S(=O)(=O)C1.CCCCC1(CC)CN(c2ccccc2)c2cc(I)c(O/C=C/C(=O)O)cc2S(=O)(=O)C1. The second-order valence-electron chi connectivity index (χ2n) is 16.3. The zero-order valence-electron chi connectivity index (χ0n) is 36.5. The van der Waals surface area contributed by atoms with Crippen molar-refractivity contribution in [1.29, 1.82) is 0 Å². The molecule has 64 heavy (non-hydrogen) atoms. The fourth-order valence-corrected chi connectivity index (χ4v) is 13.6. The molecule has 0 saturated heterocycles. The number of carboxylic acid groups (broad SMARTS) is 2. The highest BCUT2D eigenvalue weighted by molar-refractivity contribution is 14.1. The molecule has 0 amide bonds. The van der Waals surface area contributed by atoms with Gasteiger partial charge in [0.05, 0.1) is 65.4 Å². The molecule has 12 nitrogen and oxygen atoms in total. The van der Waals surface area contributed by atoms with E-state index < -0.39 is 31.6 Å². The highest BCUT2D eigenvalue weighted by Crippen LogP contribution is 2.48. The molecule has 2 aliphatic rings.